The normalized spacial score (nSPS) is 16.2. The lowest BCUT2D eigenvalue weighted by molar-refractivity contribution is 0.323. The van der Waals surface area contributed by atoms with E-state index in [-0.39, 0.29) is 0 Å². The zero-order valence-corrected chi connectivity index (χ0v) is 17.3. The molecule has 0 unspecified atom stereocenters. The van der Waals surface area contributed by atoms with Gasteiger partial charge in [0.1, 0.15) is 16.9 Å². The minimum atomic E-state index is -0.720. The lowest BCUT2D eigenvalue weighted by atomic mass is 9.63. The lowest BCUT2D eigenvalue weighted by Gasteiger charge is -2.46. The molecule has 2 nitrogen and oxygen atoms in total. The van der Waals surface area contributed by atoms with Crippen molar-refractivity contribution in [3.05, 3.63) is 156 Å². The Morgan fingerprint density at radius 3 is 1.26 bits per heavy atom. The summed E-state index contributed by atoms with van der Waals surface area (Å²) >= 11 is 0. The maximum absolute atomic E-state index is 5.37. The van der Waals surface area contributed by atoms with Crippen molar-refractivity contribution in [2.45, 2.75) is 11.1 Å². The van der Waals surface area contributed by atoms with Crippen molar-refractivity contribution in [2.24, 2.45) is 4.99 Å². The second kappa shape index (κ2) is 7.73. The first-order valence-corrected chi connectivity index (χ1v) is 10.5. The van der Waals surface area contributed by atoms with E-state index in [4.69, 9.17) is 4.99 Å². The van der Waals surface area contributed by atoms with Gasteiger partial charge in [-0.15, -0.1) is 0 Å². The number of hydrogen-bond donors (Lipinski definition) is 1. The molecule has 0 bridgehead atoms. The summed E-state index contributed by atoms with van der Waals surface area (Å²) in [6.45, 7) is 4.06. The topological polar surface area (TPSA) is 24.4 Å². The summed E-state index contributed by atoms with van der Waals surface area (Å²) < 4.78 is 0. The highest BCUT2D eigenvalue weighted by Crippen LogP contribution is 2.54. The first-order chi connectivity index (χ1) is 15.3. The molecule has 1 aliphatic rings. The molecule has 0 atom stereocenters. The number of nitrogens with zero attached hydrogens (tertiary/aromatic N) is 1. The fraction of sp³-hybridized carbons (Fsp3) is 0.0690. The monoisotopic (exact) mass is 400 g/mol. The molecule has 1 aliphatic heterocycles. The number of rotatable bonds is 5. The molecule has 4 aromatic rings. The third-order valence-corrected chi connectivity index (χ3v) is 6.14. The SMILES string of the molecule is C=CC1=NC(c2ccccc2)(c2ccccc2)C(c2ccccc2)(c2ccccc2)N1. The highest BCUT2D eigenvalue weighted by atomic mass is 15.2. The van der Waals surface area contributed by atoms with Gasteiger partial charge < -0.3 is 5.32 Å². The van der Waals surface area contributed by atoms with E-state index in [2.05, 4.69) is 133 Å². The molecule has 0 saturated heterocycles. The van der Waals surface area contributed by atoms with Crippen LogP contribution in [-0.2, 0) is 11.1 Å². The van der Waals surface area contributed by atoms with E-state index in [1.54, 1.807) is 0 Å². The molecule has 0 aliphatic carbocycles. The van der Waals surface area contributed by atoms with Gasteiger partial charge in [0.15, 0.2) is 0 Å². The molecule has 0 fully saturated rings. The fourth-order valence-corrected chi connectivity index (χ4v) is 4.86. The molecule has 4 aromatic carbocycles. The van der Waals surface area contributed by atoms with E-state index < -0.39 is 11.1 Å². The summed E-state index contributed by atoms with van der Waals surface area (Å²) in [6.07, 6.45) is 1.81. The van der Waals surface area contributed by atoms with E-state index in [0.29, 0.717) is 0 Å². The number of nitrogens with one attached hydrogen (secondary N) is 1. The highest BCUT2D eigenvalue weighted by molar-refractivity contribution is 5.97. The van der Waals surface area contributed by atoms with Crippen LogP contribution in [0.1, 0.15) is 22.3 Å². The van der Waals surface area contributed by atoms with Crippen molar-refractivity contribution in [3.63, 3.8) is 0 Å². The molecule has 150 valence electrons. The van der Waals surface area contributed by atoms with Crippen LogP contribution in [0.3, 0.4) is 0 Å². The first kappa shape index (κ1) is 19.1. The number of hydrogen-bond acceptors (Lipinski definition) is 2. The Balaban J connectivity index is 1.96. The summed E-state index contributed by atoms with van der Waals surface area (Å²) in [4.78, 5) is 5.37. The van der Waals surface area contributed by atoms with Crippen molar-refractivity contribution >= 4 is 5.84 Å². The summed E-state index contributed by atoms with van der Waals surface area (Å²) in [5.41, 5.74) is 3.17. The predicted molar refractivity (Wildman–Crippen MR) is 128 cm³/mol. The highest BCUT2D eigenvalue weighted by Gasteiger charge is 2.59. The Kier molecular flexibility index (Phi) is 4.76. The Morgan fingerprint density at radius 1 is 0.548 bits per heavy atom. The Hall–Kier alpha value is -3.91. The van der Waals surface area contributed by atoms with Gasteiger partial charge in [-0.2, -0.15) is 0 Å². The van der Waals surface area contributed by atoms with Gasteiger partial charge in [-0.25, -0.2) is 4.99 Å². The van der Waals surface area contributed by atoms with Crippen LogP contribution in [0.4, 0.5) is 0 Å². The van der Waals surface area contributed by atoms with E-state index >= 15 is 0 Å². The van der Waals surface area contributed by atoms with Gasteiger partial charge in [0.25, 0.3) is 0 Å². The van der Waals surface area contributed by atoms with Crippen LogP contribution in [-0.4, -0.2) is 5.84 Å². The van der Waals surface area contributed by atoms with Gasteiger partial charge in [0.2, 0.25) is 0 Å². The van der Waals surface area contributed by atoms with Crippen LogP contribution in [0.2, 0.25) is 0 Å². The maximum atomic E-state index is 5.37. The molecule has 0 spiro atoms. The molecule has 0 saturated carbocycles. The molecule has 2 heteroatoms. The smallest absolute Gasteiger partial charge is 0.144 e. The van der Waals surface area contributed by atoms with Gasteiger partial charge in [0, 0.05) is 0 Å². The minimum absolute atomic E-state index is 0.651. The van der Waals surface area contributed by atoms with Crippen LogP contribution in [0.25, 0.3) is 0 Å². The summed E-state index contributed by atoms with van der Waals surface area (Å²) in [5.74, 6) is 0.778. The van der Waals surface area contributed by atoms with Gasteiger partial charge in [-0.05, 0) is 28.3 Å². The zero-order valence-electron chi connectivity index (χ0n) is 17.3. The van der Waals surface area contributed by atoms with Crippen molar-refractivity contribution in [3.8, 4) is 0 Å². The third-order valence-electron chi connectivity index (χ3n) is 6.14. The Bertz CT molecular complexity index is 1120. The molecule has 0 aromatic heterocycles. The Labute approximate surface area is 183 Å². The van der Waals surface area contributed by atoms with Crippen LogP contribution < -0.4 is 5.32 Å². The zero-order chi connectivity index (χ0) is 21.2. The minimum Gasteiger partial charge on any atom is -0.354 e. The molecular formula is C29H24N2. The standard InChI is InChI=1S/C29H24N2/c1-2-27-30-28(23-15-7-3-8-16-23,24-17-9-4-10-18-24)29(31-27,25-19-11-5-12-20-25)26-21-13-6-14-22-26/h2-22H,1H2,(H,30,31). The molecule has 0 radical (unpaired) electrons. The first-order valence-electron chi connectivity index (χ1n) is 10.5. The molecule has 31 heavy (non-hydrogen) atoms. The quantitative estimate of drug-likeness (QED) is 0.432. The third kappa shape index (κ3) is 2.83. The summed E-state index contributed by atoms with van der Waals surface area (Å²) in [5, 5.41) is 3.81. The van der Waals surface area contributed by atoms with E-state index in [1.807, 2.05) is 6.08 Å². The van der Waals surface area contributed by atoms with Crippen molar-refractivity contribution in [1.82, 2.24) is 5.32 Å². The van der Waals surface area contributed by atoms with Crippen LogP contribution in [0.5, 0.6) is 0 Å². The number of aliphatic imine (C=N–C) groups is 1. The number of benzene rings is 4. The predicted octanol–water partition coefficient (Wildman–Crippen LogP) is 6.06. The van der Waals surface area contributed by atoms with Crippen LogP contribution in [0, 0.1) is 0 Å². The molecule has 0 amide bonds. The second-order valence-corrected chi connectivity index (χ2v) is 7.75. The largest absolute Gasteiger partial charge is 0.354 e. The number of amidine groups is 1. The van der Waals surface area contributed by atoms with Crippen molar-refractivity contribution in [1.29, 1.82) is 0 Å². The lowest BCUT2D eigenvalue weighted by Crippen LogP contribution is -2.55. The van der Waals surface area contributed by atoms with E-state index in [0.717, 1.165) is 28.1 Å². The van der Waals surface area contributed by atoms with E-state index in [1.165, 1.54) is 0 Å². The maximum Gasteiger partial charge on any atom is 0.144 e. The molecule has 5 rings (SSSR count). The van der Waals surface area contributed by atoms with Gasteiger partial charge in [-0.3, -0.25) is 0 Å². The summed E-state index contributed by atoms with van der Waals surface area (Å²) in [7, 11) is 0. The van der Waals surface area contributed by atoms with Crippen molar-refractivity contribution < 1.29 is 0 Å². The fourth-order valence-electron chi connectivity index (χ4n) is 4.86. The molecule has 1 N–H and O–H groups in total. The van der Waals surface area contributed by atoms with E-state index in [9.17, 15) is 0 Å². The second-order valence-electron chi connectivity index (χ2n) is 7.75. The average Bonchev–Trinajstić information content (AvgIpc) is 3.24. The van der Waals surface area contributed by atoms with Crippen LogP contribution in [0.15, 0.2) is 139 Å². The van der Waals surface area contributed by atoms with Crippen LogP contribution >= 0.6 is 0 Å². The van der Waals surface area contributed by atoms with Gasteiger partial charge >= 0.3 is 0 Å². The van der Waals surface area contributed by atoms with Gasteiger partial charge in [-0.1, -0.05) is 128 Å². The van der Waals surface area contributed by atoms with Gasteiger partial charge in [0.05, 0.1) is 0 Å². The summed E-state index contributed by atoms with van der Waals surface area (Å²) in [6, 6.07) is 42.3. The Morgan fingerprint density at radius 2 is 0.903 bits per heavy atom. The average molecular weight is 401 g/mol. The van der Waals surface area contributed by atoms with Crippen molar-refractivity contribution in [2.75, 3.05) is 0 Å². The molecule has 1 heterocycles. The molecular weight excluding hydrogens is 376 g/mol.